The van der Waals surface area contributed by atoms with Gasteiger partial charge < -0.3 is 32.5 Å². The maximum atomic E-state index is 13.0. The monoisotopic (exact) mass is 502 g/mol. The van der Waals surface area contributed by atoms with Gasteiger partial charge in [0.15, 0.2) is 22.8 Å². The number of rotatable bonds is 7. The van der Waals surface area contributed by atoms with Crippen molar-refractivity contribution in [2.75, 3.05) is 28.4 Å². The van der Waals surface area contributed by atoms with Crippen LogP contribution >= 0.6 is 0 Å². The summed E-state index contributed by atoms with van der Waals surface area (Å²) in [5.41, 5.74) is 0.986. The van der Waals surface area contributed by atoms with E-state index in [4.69, 9.17) is 32.5 Å². The van der Waals surface area contributed by atoms with Crippen molar-refractivity contribution in [2.24, 2.45) is 0 Å². The van der Waals surface area contributed by atoms with E-state index in [0.717, 1.165) is 5.39 Å². The van der Waals surface area contributed by atoms with Gasteiger partial charge in [0.1, 0.15) is 17.1 Å². The highest BCUT2D eigenvalue weighted by atomic mass is 16.5. The van der Waals surface area contributed by atoms with Crippen molar-refractivity contribution in [3.8, 4) is 40.1 Å². The molecule has 0 aliphatic heterocycles. The van der Waals surface area contributed by atoms with Crippen LogP contribution in [0.2, 0.25) is 0 Å². The standard InChI is InChI=1S/C28H22O9/c1-31-21-7-5-6-15-10-22(37-26(15)21)19-14-25(29)36-20-9-8-17(13-18(19)20)35-28(30)16-11-23(32-2)27(34-4)24(12-16)33-3/h5-14H,1-4H3. The fraction of sp³-hybridized carbons (Fsp3) is 0.143. The first-order chi connectivity index (χ1) is 17.9. The quantitative estimate of drug-likeness (QED) is 0.163. The molecule has 9 heteroatoms. The summed E-state index contributed by atoms with van der Waals surface area (Å²) >= 11 is 0. The molecule has 0 atom stereocenters. The second-order valence-corrected chi connectivity index (χ2v) is 7.93. The smallest absolute Gasteiger partial charge is 0.343 e. The molecular weight excluding hydrogens is 480 g/mol. The van der Waals surface area contributed by atoms with E-state index in [0.29, 0.717) is 50.9 Å². The summed E-state index contributed by atoms with van der Waals surface area (Å²) in [6.07, 6.45) is 0. The number of ether oxygens (including phenoxy) is 5. The molecule has 2 aromatic heterocycles. The number of hydrogen-bond acceptors (Lipinski definition) is 9. The van der Waals surface area contributed by atoms with E-state index in [1.165, 1.54) is 45.6 Å². The molecule has 37 heavy (non-hydrogen) atoms. The number of fused-ring (bicyclic) bond motifs is 2. The SMILES string of the molecule is COc1cc(C(=O)Oc2ccc3oc(=O)cc(-c4cc5cccc(OC)c5o4)c3c2)cc(OC)c1OC. The molecule has 0 N–H and O–H groups in total. The van der Waals surface area contributed by atoms with E-state index in [2.05, 4.69) is 0 Å². The zero-order valence-corrected chi connectivity index (χ0v) is 20.4. The third-order valence-electron chi connectivity index (χ3n) is 5.82. The van der Waals surface area contributed by atoms with Gasteiger partial charge in [0.05, 0.1) is 34.0 Å². The van der Waals surface area contributed by atoms with E-state index in [-0.39, 0.29) is 11.3 Å². The molecule has 0 saturated carbocycles. The number of carbonyl (C=O) groups is 1. The van der Waals surface area contributed by atoms with Gasteiger partial charge in [-0.15, -0.1) is 0 Å². The number of methoxy groups -OCH3 is 4. The fourth-order valence-electron chi connectivity index (χ4n) is 4.10. The molecule has 0 bridgehead atoms. The van der Waals surface area contributed by atoms with Crippen LogP contribution in [0.25, 0.3) is 33.3 Å². The zero-order chi connectivity index (χ0) is 26.1. The maximum absolute atomic E-state index is 13.0. The Hall–Kier alpha value is -4.92. The molecule has 0 fully saturated rings. The van der Waals surface area contributed by atoms with Gasteiger partial charge in [-0.05, 0) is 42.5 Å². The van der Waals surface area contributed by atoms with Crippen molar-refractivity contribution in [3.05, 3.63) is 76.6 Å². The third kappa shape index (κ3) is 4.31. The van der Waals surface area contributed by atoms with Crippen LogP contribution in [0.3, 0.4) is 0 Å². The van der Waals surface area contributed by atoms with Gasteiger partial charge in [-0.3, -0.25) is 0 Å². The van der Waals surface area contributed by atoms with E-state index < -0.39 is 11.6 Å². The van der Waals surface area contributed by atoms with Crippen LogP contribution in [0, 0.1) is 0 Å². The number of hydrogen-bond donors (Lipinski definition) is 0. The van der Waals surface area contributed by atoms with Gasteiger partial charge in [0, 0.05) is 22.4 Å². The Balaban J connectivity index is 1.56. The number of para-hydroxylation sites is 1. The minimum absolute atomic E-state index is 0.193. The van der Waals surface area contributed by atoms with Crippen LogP contribution in [0.15, 0.2) is 74.3 Å². The van der Waals surface area contributed by atoms with Gasteiger partial charge >= 0.3 is 11.6 Å². The molecule has 0 aliphatic rings. The number of carbonyl (C=O) groups excluding carboxylic acids is 1. The summed E-state index contributed by atoms with van der Waals surface area (Å²) in [6, 6.07) is 16.3. The lowest BCUT2D eigenvalue weighted by Gasteiger charge is -2.14. The second-order valence-electron chi connectivity index (χ2n) is 7.93. The van der Waals surface area contributed by atoms with Gasteiger partial charge in [-0.2, -0.15) is 0 Å². The van der Waals surface area contributed by atoms with Crippen LogP contribution in [0.1, 0.15) is 10.4 Å². The van der Waals surface area contributed by atoms with Crippen molar-refractivity contribution in [1.82, 2.24) is 0 Å². The minimum atomic E-state index is -0.647. The van der Waals surface area contributed by atoms with Gasteiger partial charge in [0.2, 0.25) is 5.75 Å². The molecule has 0 radical (unpaired) electrons. The van der Waals surface area contributed by atoms with E-state index in [9.17, 15) is 9.59 Å². The van der Waals surface area contributed by atoms with Crippen molar-refractivity contribution < 1.29 is 37.3 Å². The zero-order valence-electron chi connectivity index (χ0n) is 20.4. The largest absolute Gasteiger partial charge is 0.493 e. The normalized spacial score (nSPS) is 10.9. The Kier molecular flexibility index (Phi) is 6.19. The van der Waals surface area contributed by atoms with Crippen LogP contribution < -0.4 is 29.3 Å². The molecule has 0 unspecified atom stereocenters. The Morgan fingerprint density at radius 3 is 2.16 bits per heavy atom. The van der Waals surface area contributed by atoms with E-state index in [1.807, 2.05) is 12.1 Å². The predicted molar refractivity (Wildman–Crippen MR) is 135 cm³/mol. The average molecular weight is 502 g/mol. The molecule has 0 amide bonds. The number of benzene rings is 3. The molecule has 3 aromatic carbocycles. The molecular formula is C28H22O9. The maximum Gasteiger partial charge on any atom is 0.343 e. The molecule has 188 valence electrons. The predicted octanol–water partition coefficient (Wildman–Crippen LogP) is 5.46. The summed E-state index contributed by atoms with van der Waals surface area (Å²) in [5, 5.41) is 1.33. The molecule has 9 nitrogen and oxygen atoms in total. The van der Waals surface area contributed by atoms with Crippen LogP contribution in [0.5, 0.6) is 28.7 Å². The summed E-state index contributed by atoms with van der Waals surface area (Å²) in [6.45, 7) is 0. The van der Waals surface area contributed by atoms with Crippen molar-refractivity contribution in [3.63, 3.8) is 0 Å². The van der Waals surface area contributed by atoms with Crippen LogP contribution in [-0.2, 0) is 0 Å². The first-order valence-electron chi connectivity index (χ1n) is 11.1. The highest BCUT2D eigenvalue weighted by Crippen LogP contribution is 2.39. The summed E-state index contributed by atoms with van der Waals surface area (Å²) in [7, 11) is 5.94. The fourth-order valence-corrected chi connectivity index (χ4v) is 4.10. The second kappa shape index (κ2) is 9.62. The summed E-state index contributed by atoms with van der Waals surface area (Å²) in [4.78, 5) is 25.3. The highest BCUT2D eigenvalue weighted by Gasteiger charge is 2.20. The molecule has 0 saturated heterocycles. The Labute approximate surface area is 210 Å². The van der Waals surface area contributed by atoms with Crippen molar-refractivity contribution >= 4 is 27.9 Å². The van der Waals surface area contributed by atoms with E-state index in [1.54, 1.807) is 31.4 Å². The Morgan fingerprint density at radius 2 is 1.49 bits per heavy atom. The average Bonchev–Trinajstić information content (AvgIpc) is 3.36. The highest BCUT2D eigenvalue weighted by molar-refractivity contribution is 5.97. The lowest BCUT2D eigenvalue weighted by Crippen LogP contribution is -2.10. The van der Waals surface area contributed by atoms with Crippen LogP contribution in [-0.4, -0.2) is 34.4 Å². The van der Waals surface area contributed by atoms with Gasteiger partial charge in [-0.1, -0.05) is 12.1 Å². The van der Waals surface area contributed by atoms with E-state index >= 15 is 0 Å². The lowest BCUT2D eigenvalue weighted by atomic mass is 10.1. The third-order valence-corrected chi connectivity index (χ3v) is 5.82. The van der Waals surface area contributed by atoms with Gasteiger partial charge in [0.25, 0.3) is 0 Å². The minimum Gasteiger partial charge on any atom is -0.493 e. The summed E-state index contributed by atoms with van der Waals surface area (Å²) < 4.78 is 38.4. The molecule has 0 spiro atoms. The lowest BCUT2D eigenvalue weighted by molar-refractivity contribution is 0.0734. The topological polar surface area (TPSA) is 107 Å². The first kappa shape index (κ1) is 23.8. The van der Waals surface area contributed by atoms with Crippen molar-refractivity contribution in [2.45, 2.75) is 0 Å². The molecule has 0 aliphatic carbocycles. The molecule has 5 rings (SSSR count). The van der Waals surface area contributed by atoms with Crippen molar-refractivity contribution in [1.29, 1.82) is 0 Å². The number of furan rings is 1. The first-order valence-corrected chi connectivity index (χ1v) is 11.1. The Morgan fingerprint density at radius 1 is 0.757 bits per heavy atom. The molecule has 5 aromatic rings. The van der Waals surface area contributed by atoms with Gasteiger partial charge in [-0.25, -0.2) is 9.59 Å². The summed E-state index contributed by atoms with van der Waals surface area (Å²) in [5.74, 6) is 1.57. The molecule has 2 heterocycles. The number of esters is 1. The van der Waals surface area contributed by atoms with Crippen LogP contribution in [0.4, 0.5) is 0 Å². The Bertz CT molecular complexity index is 1670.